The molecule has 1 amide bonds. The third-order valence-electron chi connectivity index (χ3n) is 4.47. The van der Waals surface area contributed by atoms with Crippen LogP contribution < -0.4 is 10.0 Å². The maximum Gasteiger partial charge on any atom is 0.229 e. The van der Waals surface area contributed by atoms with E-state index in [-0.39, 0.29) is 11.8 Å². The summed E-state index contributed by atoms with van der Waals surface area (Å²) in [6.07, 6.45) is 1.84. The molecule has 1 fully saturated rings. The molecule has 0 bridgehead atoms. The lowest BCUT2D eigenvalue weighted by Gasteiger charge is -2.27. The topological polar surface area (TPSA) is 57.3 Å². The van der Waals surface area contributed by atoms with Crippen LogP contribution >= 0.6 is 34.6 Å². The van der Waals surface area contributed by atoms with Crippen molar-refractivity contribution in [1.82, 2.24) is 9.88 Å². The molecule has 3 heterocycles. The quantitative estimate of drug-likeness (QED) is 0.601. The average molecular weight is 405 g/mol. The second kappa shape index (κ2) is 7.96. The van der Waals surface area contributed by atoms with Gasteiger partial charge in [-0.1, -0.05) is 17.4 Å². The fourth-order valence-corrected chi connectivity index (χ4v) is 5.23. The predicted molar refractivity (Wildman–Crippen MR) is 112 cm³/mol. The van der Waals surface area contributed by atoms with E-state index in [9.17, 15) is 4.79 Å². The molecule has 3 aromatic rings. The summed E-state index contributed by atoms with van der Waals surface area (Å²) in [5.74, 6) is 0.196. The number of aromatic nitrogens is 1. The van der Waals surface area contributed by atoms with Crippen molar-refractivity contribution < 1.29 is 4.79 Å². The molecule has 2 aromatic heterocycles. The second-order valence-corrected chi connectivity index (χ2v) is 9.49. The monoisotopic (exact) mass is 404 g/mol. The molecule has 0 spiro atoms. The van der Waals surface area contributed by atoms with Crippen molar-refractivity contribution in [2.75, 3.05) is 30.2 Å². The first kappa shape index (κ1) is 17.8. The van der Waals surface area contributed by atoms with Crippen LogP contribution in [-0.2, 0) is 4.79 Å². The van der Waals surface area contributed by atoms with Gasteiger partial charge in [0.2, 0.25) is 5.91 Å². The van der Waals surface area contributed by atoms with Gasteiger partial charge in [0.05, 0.1) is 14.4 Å². The number of carbonyl (C=O) groups is 1. The molecule has 1 aliphatic heterocycles. The highest BCUT2D eigenvalue weighted by molar-refractivity contribution is 8.02. The first-order chi connectivity index (χ1) is 12.7. The number of thiazole rings is 1. The minimum Gasteiger partial charge on any atom is -0.325 e. The summed E-state index contributed by atoms with van der Waals surface area (Å²) < 4.78 is 5.64. The number of nitrogens with zero attached hydrogens (tertiary/aromatic N) is 2. The number of carbonyl (C=O) groups excluding carboxylic acids is 1. The van der Waals surface area contributed by atoms with E-state index in [1.165, 1.54) is 15.5 Å². The molecule has 5 nitrogen and oxygen atoms in total. The average Bonchev–Trinajstić information content (AvgIpc) is 3.29. The molecule has 0 aliphatic carbocycles. The Labute approximate surface area is 164 Å². The zero-order valence-electron chi connectivity index (χ0n) is 14.4. The number of nitrogens with one attached hydrogen (secondary N) is 2. The minimum absolute atomic E-state index is 0.0950. The number of rotatable bonds is 5. The molecule has 1 aliphatic rings. The van der Waals surface area contributed by atoms with Crippen LogP contribution in [0.4, 0.5) is 10.8 Å². The Morgan fingerprint density at radius 2 is 2.15 bits per heavy atom. The van der Waals surface area contributed by atoms with Gasteiger partial charge in [0.15, 0.2) is 5.13 Å². The maximum absolute atomic E-state index is 12.5. The molecule has 4 rings (SSSR count). The Kier molecular flexibility index (Phi) is 5.44. The van der Waals surface area contributed by atoms with E-state index in [0.717, 1.165) is 41.8 Å². The first-order valence-electron chi connectivity index (χ1n) is 8.54. The van der Waals surface area contributed by atoms with Gasteiger partial charge < -0.3 is 14.9 Å². The van der Waals surface area contributed by atoms with Crippen LogP contribution in [0.15, 0.2) is 39.9 Å². The van der Waals surface area contributed by atoms with Gasteiger partial charge in [-0.15, -0.1) is 11.3 Å². The number of thiophene rings is 1. The highest BCUT2D eigenvalue weighted by atomic mass is 32.2. The number of hydrogen-bond donors (Lipinski definition) is 2. The maximum atomic E-state index is 12.5. The molecule has 2 N–H and O–H groups in total. The Balaban J connectivity index is 1.41. The van der Waals surface area contributed by atoms with Crippen molar-refractivity contribution >= 4 is 61.6 Å². The number of anilines is 2. The van der Waals surface area contributed by atoms with E-state index in [1.807, 2.05) is 18.2 Å². The molecule has 0 atom stereocenters. The molecule has 0 saturated carbocycles. The molecule has 0 radical (unpaired) electrons. The summed E-state index contributed by atoms with van der Waals surface area (Å²) >= 11 is 4.83. The minimum atomic E-state index is 0.0950. The van der Waals surface area contributed by atoms with E-state index in [4.69, 9.17) is 0 Å². The highest BCUT2D eigenvalue weighted by Crippen LogP contribution is 2.31. The summed E-state index contributed by atoms with van der Waals surface area (Å²) in [5.41, 5.74) is 1.92. The fraction of sp³-hybridized carbons (Fsp3) is 0.333. The van der Waals surface area contributed by atoms with E-state index in [2.05, 4.69) is 44.5 Å². The van der Waals surface area contributed by atoms with Gasteiger partial charge in [-0.2, -0.15) is 0 Å². The standard InChI is InChI=1S/C18H20N4OS3/c1-22-8-6-12(7-9-22)17(23)20-18-19-14-11-13(4-5-15(14)25-18)21-26-16-3-2-10-24-16/h2-5,10-12,21H,6-9H2,1H3,(H,19,20,23). The Hall–Kier alpha value is -1.61. The predicted octanol–water partition coefficient (Wildman–Crippen LogP) is 4.76. The molecular formula is C18H20N4OS3. The van der Waals surface area contributed by atoms with Crippen molar-refractivity contribution in [2.45, 2.75) is 17.1 Å². The number of piperidine rings is 1. The van der Waals surface area contributed by atoms with Crippen LogP contribution in [0.2, 0.25) is 0 Å². The Morgan fingerprint density at radius 3 is 2.92 bits per heavy atom. The molecule has 0 unspecified atom stereocenters. The van der Waals surface area contributed by atoms with Crippen molar-refractivity contribution in [1.29, 1.82) is 0 Å². The van der Waals surface area contributed by atoms with Crippen LogP contribution in [0.25, 0.3) is 10.2 Å². The number of amides is 1. The summed E-state index contributed by atoms with van der Waals surface area (Å²) in [7, 11) is 2.10. The highest BCUT2D eigenvalue weighted by Gasteiger charge is 2.24. The van der Waals surface area contributed by atoms with Gasteiger partial charge >= 0.3 is 0 Å². The molecular weight excluding hydrogens is 384 g/mol. The zero-order valence-corrected chi connectivity index (χ0v) is 16.8. The van der Waals surface area contributed by atoms with Crippen molar-refractivity contribution in [3.63, 3.8) is 0 Å². The van der Waals surface area contributed by atoms with Gasteiger partial charge in [0.1, 0.15) is 0 Å². The van der Waals surface area contributed by atoms with E-state index in [1.54, 1.807) is 23.3 Å². The van der Waals surface area contributed by atoms with Crippen molar-refractivity contribution in [3.05, 3.63) is 35.7 Å². The van der Waals surface area contributed by atoms with Crippen molar-refractivity contribution in [2.24, 2.45) is 5.92 Å². The summed E-state index contributed by atoms with van der Waals surface area (Å²) in [6.45, 7) is 1.96. The van der Waals surface area contributed by atoms with Gasteiger partial charge in [0.25, 0.3) is 0 Å². The number of fused-ring (bicyclic) bond motifs is 1. The Bertz CT molecular complexity index is 885. The van der Waals surface area contributed by atoms with Gasteiger partial charge in [-0.05, 0) is 74.6 Å². The lowest BCUT2D eigenvalue weighted by molar-refractivity contribution is -0.121. The van der Waals surface area contributed by atoms with Gasteiger partial charge in [0, 0.05) is 11.6 Å². The van der Waals surface area contributed by atoms with Gasteiger partial charge in [-0.3, -0.25) is 4.79 Å². The third kappa shape index (κ3) is 4.20. The van der Waals surface area contributed by atoms with E-state index in [0.29, 0.717) is 5.13 Å². The number of benzene rings is 1. The lowest BCUT2D eigenvalue weighted by Crippen LogP contribution is -2.35. The Morgan fingerprint density at radius 1 is 1.31 bits per heavy atom. The number of hydrogen-bond acceptors (Lipinski definition) is 7. The summed E-state index contributed by atoms with van der Waals surface area (Å²) in [4.78, 5) is 19.3. The van der Waals surface area contributed by atoms with Gasteiger partial charge in [-0.25, -0.2) is 4.98 Å². The number of likely N-dealkylation sites (tertiary alicyclic amines) is 1. The van der Waals surface area contributed by atoms with Crippen LogP contribution in [0.3, 0.4) is 0 Å². The van der Waals surface area contributed by atoms with Crippen LogP contribution in [-0.4, -0.2) is 35.9 Å². The molecule has 136 valence electrons. The SMILES string of the molecule is CN1CCC(C(=O)Nc2nc3cc(NSc4cccs4)ccc3s2)CC1. The van der Waals surface area contributed by atoms with E-state index < -0.39 is 0 Å². The normalized spacial score (nSPS) is 16.0. The third-order valence-corrected chi connectivity index (χ3v) is 7.30. The molecule has 1 aromatic carbocycles. The summed E-state index contributed by atoms with van der Waals surface area (Å²) in [6, 6.07) is 10.2. The lowest BCUT2D eigenvalue weighted by atomic mass is 9.96. The summed E-state index contributed by atoms with van der Waals surface area (Å²) in [5, 5.41) is 5.77. The molecule has 8 heteroatoms. The zero-order chi connectivity index (χ0) is 17.9. The second-order valence-electron chi connectivity index (χ2n) is 6.40. The molecule has 26 heavy (non-hydrogen) atoms. The molecule has 1 saturated heterocycles. The van der Waals surface area contributed by atoms with Crippen LogP contribution in [0.1, 0.15) is 12.8 Å². The largest absolute Gasteiger partial charge is 0.325 e. The fourth-order valence-electron chi connectivity index (χ4n) is 2.95. The van der Waals surface area contributed by atoms with Crippen LogP contribution in [0.5, 0.6) is 0 Å². The smallest absolute Gasteiger partial charge is 0.229 e. The van der Waals surface area contributed by atoms with Crippen molar-refractivity contribution in [3.8, 4) is 0 Å². The first-order valence-corrected chi connectivity index (χ1v) is 11.0. The van der Waals surface area contributed by atoms with Crippen LogP contribution in [0, 0.1) is 5.92 Å². The van der Waals surface area contributed by atoms with E-state index >= 15 is 0 Å².